The number of tetrazole rings is 1. The fraction of sp³-hybridized carbons (Fsp3) is 0.423. The van der Waals surface area contributed by atoms with Crippen molar-refractivity contribution in [2.24, 2.45) is 0 Å². The van der Waals surface area contributed by atoms with Gasteiger partial charge in [0, 0.05) is 39.3 Å². The topological polar surface area (TPSA) is 59.3 Å². The first-order valence-electron chi connectivity index (χ1n) is 12.0. The zero-order chi connectivity index (χ0) is 22.3. The molecule has 2 fully saturated rings. The maximum Gasteiger partial charge on any atom is 0.173 e. The van der Waals surface area contributed by atoms with E-state index >= 15 is 0 Å². The van der Waals surface area contributed by atoms with Crippen LogP contribution in [0.5, 0.6) is 0 Å². The highest BCUT2D eigenvalue weighted by molar-refractivity contribution is 5.48. The monoisotopic (exact) mass is 444 g/mol. The van der Waals surface area contributed by atoms with E-state index in [9.17, 15) is 0 Å². The minimum absolute atomic E-state index is 0.0459. The molecule has 33 heavy (non-hydrogen) atoms. The van der Waals surface area contributed by atoms with Crippen LogP contribution in [0.3, 0.4) is 0 Å². The lowest BCUT2D eigenvalue weighted by atomic mass is 10.0. The van der Waals surface area contributed by atoms with E-state index in [0.717, 1.165) is 64.5 Å². The average molecular weight is 445 g/mol. The summed E-state index contributed by atoms with van der Waals surface area (Å²) < 4.78 is 7.81. The highest BCUT2D eigenvalue weighted by atomic mass is 16.5. The Morgan fingerprint density at radius 3 is 2.45 bits per heavy atom. The Balaban J connectivity index is 1.27. The summed E-state index contributed by atoms with van der Waals surface area (Å²) >= 11 is 0. The molecule has 5 rings (SSSR count). The van der Waals surface area contributed by atoms with Crippen LogP contribution in [0.2, 0.25) is 0 Å². The quantitative estimate of drug-likeness (QED) is 0.532. The second-order valence-corrected chi connectivity index (χ2v) is 8.82. The third-order valence-electron chi connectivity index (χ3n) is 6.57. The molecule has 2 aliphatic rings. The molecule has 0 radical (unpaired) electrons. The molecule has 1 aromatic heterocycles. The Hall–Kier alpha value is -2.87. The summed E-state index contributed by atoms with van der Waals surface area (Å²) in [4.78, 5) is 5.03. The average Bonchev–Trinajstić information content (AvgIpc) is 3.55. The van der Waals surface area contributed by atoms with E-state index < -0.39 is 0 Å². The van der Waals surface area contributed by atoms with Crippen LogP contribution in [0.15, 0.2) is 66.7 Å². The van der Waals surface area contributed by atoms with Crippen LogP contribution < -0.4 is 0 Å². The van der Waals surface area contributed by atoms with E-state index in [1.165, 1.54) is 11.1 Å². The van der Waals surface area contributed by atoms with Gasteiger partial charge in [0.25, 0.3) is 0 Å². The first-order valence-corrected chi connectivity index (χ1v) is 12.0. The van der Waals surface area contributed by atoms with Crippen molar-refractivity contribution in [3.63, 3.8) is 0 Å². The van der Waals surface area contributed by atoms with Crippen LogP contribution >= 0.6 is 0 Å². The molecule has 2 aliphatic heterocycles. The first kappa shape index (κ1) is 21.9. The summed E-state index contributed by atoms with van der Waals surface area (Å²) in [6.45, 7) is 6.53. The molecule has 0 amide bonds. The number of piperazine rings is 1. The molecular weight excluding hydrogens is 412 g/mol. The van der Waals surface area contributed by atoms with Gasteiger partial charge in [-0.25, -0.2) is 4.68 Å². The molecule has 7 nitrogen and oxygen atoms in total. The van der Waals surface area contributed by atoms with Crippen LogP contribution in [0.1, 0.15) is 35.8 Å². The Bertz CT molecular complexity index is 1010. The maximum absolute atomic E-state index is 5.85. The van der Waals surface area contributed by atoms with Crippen molar-refractivity contribution < 1.29 is 4.74 Å². The van der Waals surface area contributed by atoms with Crippen molar-refractivity contribution in [3.8, 4) is 0 Å². The molecule has 2 atom stereocenters. The van der Waals surface area contributed by atoms with Gasteiger partial charge in [0.2, 0.25) is 0 Å². The lowest BCUT2D eigenvalue weighted by Gasteiger charge is -2.38. The van der Waals surface area contributed by atoms with Crippen molar-refractivity contribution in [1.82, 2.24) is 30.0 Å². The number of benzene rings is 2. The summed E-state index contributed by atoms with van der Waals surface area (Å²) in [5.74, 6) is 0.911. The van der Waals surface area contributed by atoms with Crippen molar-refractivity contribution in [2.75, 3.05) is 39.3 Å². The highest BCUT2D eigenvalue weighted by Crippen LogP contribution is 2.28. The van der Waals surface area contributed by atoms with Crippen molar-refractivity contribution >= 4 is 6.08 Å². The Labute approximate surface area is 195 Å². The SMILES string of the molecule is C(=C\c1ccccc1)/CN1CCN(C(c2ccccc2)c2nnnn2CC2CCCO2)CC1. The molecule has 0 spiro atoms. The van der Waals surface area contributed by atoms with Crippen LogP contribution in [0.25, 0.3) is 6.08 Å². The lowest BCUT2D eigenvalue weighted by molar-refractivity contribution is 0.0868. The zero-order valence-corrected chi connectivity index (χ0v) is 19.0. The minimum Gasteiger partial charge on any atom is -0.376 e. The van der Waals surface area contributed by atoms with Crippen molar-refractivity contribution in [3.05, 3.63) is 83.7 Å². The van der Waals surface area contributed by atoms with Gasteiger partial charge in [-0.3, -0.25) is 9.80 Å². The van der Waals surface area contributed by atoms with Gasteiger partial charge in [-0.1, -0.05) is 72.8 Å². The molecule has 2 saturated heterocycles. The molecule has 2 unspecified atom stereocenters. The van der Waals surface area contributed by atoms with Gasteiger partial charge in [-0.2, -0.15) is 0 Å². The minimum atomic E-state index is 0.0459. The molecule has 7 heteroatoms. The summed E-state index contributed by atoms with van der Waals surface area (Å²) in [7, 11) is 0. The van der Waals surface area contributed by atoms with Gasteiger partial charge in [-0.15, -0.1) is 5.10 Å². The molecule has 0 aliphatic carbocycles. The predicted octanol–water partition coefficient (Wildman–Crippen LogP) is 3.27. The molecule has 0 saturated carbocycles. The van der Waals surface area contributed by atoms with Crippen LogP contribution in [0.4, 0.5) is 0 Å². The van der Waals surface area contributed by atoms with Gasteiger partial charge >= 0.3 is 0 Å². The summed E-state index contributed by atoms with van der Waals surface area (Å²) in [6.07, 6.45) is 6.87. The Kier molecular flexibility index (Phi) is 7.20. The van der Waals surface area contributed by atoms with Crippen LogP contribution in [0, 0.1) is 0 Å². The number of nitrogens with zero attached hydrogens (tertiary/aromatic N) is 6. The number of hydrogen-bond acceptors (Lipinski definition) is 6. The Morgan fingerprint density at radius 1 is 0.970 bits per heavy atom. The zero-order valence-electron chi connectivity index (χ0n) is 19.0. The second-order valence-electron chi connectivity index (χ2n) is 8.82. The Morgan fingerprint density at radius 2 is 1.73 bits per heavy atom. The van der Waals surface area contributed by atoms with E-state index in [4.69, 9.17) is 4.74 Å². The normalized spacial score (nSPS) is 21.0. The fourth-order valence-corrected chi connectivity index (χ4v) is 4.78. The fourth-order valence-electron chi connectivity index (χ4n) is 4.78. The summed E-state index contributed by atoms with van der Waals surface area (Å²) in [5.41, 5.74) is 2.48. The van der Waals surface area contributed by atoms with Crippen molar-refractivity contribution in [1.29, 1.82) is 0 Å². The molecule has 3 heterocycles. The van der Waals surface area contributed by atoms with E-state index in [2.05, 4.69) is 98.1 Å². The van der Waals surface area contributed by atoms with Gasteiger partial charge in [0.15, 0.2) is 5.82 Å². The van der Waals surface area contributed by atoms with Gasteiger partial charge in [-0.05, 0) is 34.4 Å². The molecule has 0 bridgehead atoms. The predicted molar refractivity (Wildman–Crippen MR) is 129 cm³/mol. The highest BCUT2D eigenvalue weighted by Gasteiger charge is 2.31. The first-order chi connectivity index (χ1) is 16.4. The van der Waals surface area contributed by atoms with Gasteiger partial charge in [0.05, 0.1) is 18.7 Å². The molecule has 3 aromatic rings. The van der Waals surface area contributed by atoms with E-state index in [0.29, 0.717) is 0 Å². The van der Waals surface area contributed by atoms with E-state index in [1.807, 2.05) is 4.68 Å². The number of aromatic nitrogens is 4. The van der Waals surface area contributed by atoms with E-state index in [-0.39, 0.29) is 12.1 Å². The standard InChI is InChI=1S/C26H32N6O/c1-3-9-22(10-4-1)11-7-15-30-16-18-31(19-17-30)25(23-12-5-2-6-13-23)26-27-28-29-32(26)21-24-14-8-20-33-24/h1-7,9-13,24-25H,8,14-21H2/b11-7+. The van der Waals surface area contributed by atoms with Crippen molar-refractivity contribution in [2.45, 2.75) is 31.5 Å². The van der Waals surface area contributed by atoms with Crippen LogP contribution in [-0.4, -0.2) is 75.4 Å². The largest absolute Gasteiger partial charge is 0.376 e. The van der Waals surface area contributed by atoms with Crippen LogP contribution in [-0.2, 0) is 11.3 Å². The third kappa shape index (κ3) is 5.55. The molecule has 0 N–H and O–H groups in total. The lowest BCUT2D eigenvalue weighted by Crippen LogP contribution is -2.48. The van der Waals surface area contributed by atoms with E-state index in [1.54, 1.807) is 0 Å². The summed E-state index contributed by atoms with van der Waals surface area (Å²) in [5, 5.41) is 12.9. The van der Waals surface area contributed by atoms with Gasteiger partial charge in [0.1, 0.15) is 0 Å². The van der Waals surface area contributed by atoms with Gasteiger partial charge < -0.3 is 4.74 Å². The number of rotatable bonds is 8. The molecular formula is C26H32N6O. The smallest absolute Gasteiger partial charge is 0.173 e. The third-order valence-corrected chi connectivity index (χ3v) is 6.57. The summed E-state index contributed by atoms with van der Waals surface area (Å²) in [6, 6.07) is 21.2. The molecule has 2 aromatic carbocycles. The maximum atomic E-state index is 5.85. The number of ether oxygens (including phenoxy) is 1. The number of hydrogen-bond donors (Lipinski definition) is 0. The molecule has 172 valence electrons. The second kappa shape index (κ2) is 10.8.